The van der Waals surface area contributed by atoms with Crippen molar-refractivity contribution in [2.75, 3.05) is 0 Å². The standard InChI is InChI=1S/C23H15N2.C20H15N3O.C15H9N2.C12H8N3.4Ga.4H/c1-2-8-16(9-3-1)22-19-12-6-7-13-20(19)25-23(22)21-14-17-10-4-5-11-18(17)15-24-21;24-19-13-7-12-17(21-19)18-14-23(16-10-5-2-6-11-16)20(22-18)15-8-3-1-4-9-15;1-2-6-13-11(5-1)12-8-7-10-4-3-9-16-14(10)15(12)17-13;1-2-4-10-6-14-11(5-9(10)3-1)12-7-13-8-15-12;;;;;;;;/h1-15H;1-14H,(H,21,24);1-9H;1-8H;;;;;;;;/q-1;;2*-1;4*+1;;;;/p-1. The number of hydrogen-bond donors (Lipinski definition) is 0. The van der Waals surface area contributed by atoms with Crippen LogP contribution in [0.5, 0.6) is 0 Å². The van der Waals surface area contributed by atoms with Gasteiger partial charge in [-0.1, -0.05) is 0 Å². The zero-order valence-corrected chi connectivity index (χ0v) is 58.1. The van der Waals surface area contributed by atoms with E-state index in [-0.39, 0.29) is 5.56 Å². The minimum atomic E-state index is 0.00743. The van der Waals surface area contributed by atoms with E-state index in [9.17, 15) is 4.79 Å². The van der Waals surface area contributed by atoms with E-state index in [1.165, 1.54) is 76.5 Å². The summed E-state index contributed by atoms with van der Waals surface area (Å²) in [4.78, 5) is 34.8. The number of hydrogen-bond acceptors (Lipinski definition) is 6. The molecule has 4 radical (unpaired) electrons. The molecule has 8 aromatic carbocycles. The van der Waals surface area contributed by atoms with Gasteiger partial charge < -0.3 is 0 Å². The summed E-state index contributed by atoms with van der Waals surface area (Å²) in [7, 11) is 0. The van der Waals surface area contributed by atoms with Crippen LogP contribution in [-0.2, 0) is 0 Å². The molecule has 0 fully saturated rings. The molecule has 0 spiro atoms. The Morgan fingerprint density at radius 1 is 0.400 bits per heavy atom. The molecule has 8 aromatic heterocycles. The van der Waals surface area contributed by atoms with Crippen molar-refractivity contribution in [2.24, 2.45) is 0 Å². The molecule has 398 valence electrons. The molecule has 16 aromatic rings. The first-order valence-corrected chi connectivity index (χ1v) is 32.9. The van der Waals surface area contributed by atoms with Crippen LogP contribution in [0.2, 0.25) is 0 Å². The zero-order valence-electron chi connectivity index (χ0n) is 46.3. The summed E-state index contributed by atoms with van der Waals surface area (Å²) in [6.45, 7) is 0. The number of imidazole rings is 2. The summed E-state index contributed by atoms with van der Waals surface area (Å²) in [5.74, 6) is 0.859. The van der Waals surface area contributed by atoms with Crippen molar-refractivity contribution in [1.82, 2.24) is 42.6 Å². The SMILES string of the molecule is O=c1cccc(-c2cn(-c3ccccc3)c(-c3ccccc3)n2)[n]1[GaH].[GaH][n]1c(-c2cc3ccccc3cn2)c(-c2ccccc2)c2ccccc21.[GaH][n]1c2ccccc2c2ccc3cccnc3c21.[GaH][n]1cncc1-c1cc2ccccc2cn1. The van der Waals surface area contributed by atoms with Gasteiger partial charge in [-0.25, -0.2) is 0 Å². The van der Waals surface area contributed by atoms with Gasteiger partial charge in [-0.3, -0.25) is 0 Å². The summed E-state index contributed by atoms with van der Waals surface area (Å²) in [5, 5.41) is 9.92. The van der Waals surface area contributed by atoms with Crippen molar-refractivity contribution in [3.05, 3.63) is 290 Å². The molecule has 0 aliphatic carbocycles. The van der Waals surface area contributed by atoms with E-state index >= 15 is 0 Å². The molecule has 0 saturated heterocycles. The molecule has 0 aliphatic heterocycles. The molecule has 16 rings (SSSR count). The van der Waals surface area contributed by atoms with Gasteiger partial charge in [-0.2, -0.15) is 0 Å². The fourth-order valence-corrected chi connectivity index (χ4v) is 14.9. The first kappa shape index (κ1) is 55.4. The summed E-state index contributed by atoms with van der Waals surface area (Å²) in [5.41, 5.74) is 15.5. The third kappa shape index (κ3) is 11.3. The number of fused-ring (bicyclic) bond motifs is 8. The third-order valence-corrected chi connectivity index (χ3v) is 20.3. The Labute approximate surface area is 531 Å². The summed E-state index contributed by atoms with van der Waals surface area (Å²) < 4.78 is 10.7. The van der Waals surface area contributed by atoms with E-state index in [1.807, 2.05) is 110 Å². The van der Waals surface area contributed by atoms with Gasteiger partial charge in [0.2, 0.25) is 0 Å². The molecule has 0 saturated carbocycles. The molecule has 0 unspecified atom stereocenters. The molecule has 0 bridgehead atoms. The van der Waals surface area contributed by atoms with Crippen LogP contribution in [0.1, 0.15) is 0 Å². The normalized spacial score (nSPS) is 11.1. The molecular weight excluding hydrogens is 1280 g/mol. The van der Waals surface area contributed by atoms with Gasteiger partial charge in [0.25, 0.3) is 0 Å². The van der Waals surface area contributed by atoms with Crippen LogP contribution in [0.25, 0.3) is 128 Å². The van der Waals surface area contributed by atoms with Gasteiger partial charge >= 0.3 is 536 Å². The first-order chi connectivity index (χ1) is 41.8. The molecule has 15 heteroatoms. The van der Waals surface area contributed by atoms with Crippen LogP contribution in [-0.4, -0.2) is 118 Å². The fraction of sp³-hybridized carbons (Fsp3) is 0. The molecule has 11 nitrogen and oxygen atoms in total. The molecule has 0 N–H and O–H groups in total. The fourth-order valence-electron chi connectivity index (χ4n) is 10.9. The number of rotatable bonds is 6. The number of aromatic nitrogens is 10. The topological polar surface area (TPSA) is 106 Å². The average Bonchev–Trinajstić information content (AvgIpc) is 2.61. The number of para-hydroxylation sites is 3. The van der Waals surface area contributed by atoms with Gasteiger partial charge in [0, 0.05) is 0 Å². The van der Waals surface area contributed by atoms with Crippen LogP contribution in [0.4, 0.5) is 0 Å². The molecule has 8 heterocycles. The Morgan fingerprint density at radius 2 is 0.976 bits per heavy atom. The monoisotopic (exact) mass is 1320 g/mol. The van der Waals surface area contributed by atoms with Crippen LogP contribution < -0.4 is 5.56 Å². The van der Waals surface area contributed by atoms with E-state index < -0.39 is 0 Å². The summed E-state index contributed by atoms with van der Waals surface area (Å²) >= 11 is 3.87. The minimum absolute atomic E-state index is 0.00743. The maximum atomic E-state index is 12.0. The van der Waals surface area contributed by atoms with Crippen LogP contribution >= 0.6 is 0 Å². The Kier molecular flexibility index (Phi) is 16.2. The summed E-state index contributed by atoms with van der Waals surface area (Å²) in [6, 6.07) is 82.9. The second-order valence-electron chi connectivity index (χ2n) is 20.3. The maximum absolute atomic E-state index is 12.0. The van der Waals surface area contributed by atoms with Gasteiger partial charge in [-0.05, 0) is 0 Å². The molecule has 85 heavy (non-hydrogen) atoms. The van der Waals surface area contributed by atoms with Gasteiger partial charge in [0.15, 0.2) is 0 Å². The predicted molar refractivity (Wildman–Crippen MR) is 355 cm³/mol. The molecule has 0 aliphatic rings. The van der Waals surface area contributed by atoms with Crippen molar-refractivity contribution in [3.8, 4) is 62.4 Å². The van der Waals surface area contributed by atoms with E-state index in [0.717, 1.165) is 126 Å². The second-order valence-corrected chi connectivity index (χ2v) is 25.7. The van der Waals surface area contributed by atoms with E-state index in [4.69, 9.17) is 9.97 Å². The molecular formula is C70H50Ga4N10O. The van der Waals surface area contributed by atoms with Crippen LogP contribution in [0, 0.1) is 0 Å². The first-order valence-electron chi connectivity index (χ1n) is 27.6. The Balaban J connectivity index is 0.000000107. The number of pyridine rings is 4. The van der Waals surface area contributed by atoms with E-state index in [1.54, 1.807) is 15.4 Å². The van der Waals surface area contributed by atoms with Gasteiger partial charge in [0.05, 0.1) is 0 Å². The van der Waals surface area contributed by atoms with Crippen molar-refractivity contribution in [1.29, 1.82) is 0 Å². The number of benzene rings is 8. The van der Waals surface area contributed by atoms with Crippen molar-refractivity contribution in [3.63, 3.8) is 0 Å². The third-order valence-electron chi connectivity index (χ3n) is 15.1. The predicted octanol–water partition coefficient (Wildman–Crippen LogP) is 13.0. The van der Waals surface area contributed by atoms with E-state index in [2.05, 4.69) is 187 Å². The van der Waals surface area contributed by atoms with Gasteiger partial charge in [-0.15, -0.1) is 0 Å². The van der Waals surface area contributed by atoms with Crippen molar-refractivity contribution < 1.29 is 0 Å². The van der Waals surface area contributed by atoms with Crippen LogP contribution in [0.15, 0.2) is 285 Å². The zero-order chi connectivity index (χ0) is 57.8. The average molecular weight is 1330 g/mol. The van der Waals surface area contributed by atoms with E-state index in [0.29, 0.717) is 0 Å². The Bertz CT molecular complexity index is 5060. The van der Waals surface area contributed by atoms with Crippen molar-refractivity contribution >= 4 is 141 Å². The van der Waals surface area contributed by atoms with Crippen molar-refractivity contribution in [2.45, 2.75) is 0 Å². The quantitative estimate of drug-likeness (QED) is 0.154. The molecule has 0 atom stereocenters. The Morgan fingerprint density at radius 3 is 1.66 bits per heavy atom. The number of nitrogens with zero attached hydrogens (tertiary/aromatic N) is 10. The summed E-state index contributed by atoms with van der Waals surface area (Å²) in [6.07, 6.45) is 11.5. The molecule has 0 amide bonds. The Hall–Kier alpha value is -8.75. The van der Waals surface area contributed by atoms with Gasteiger partial charge in [0.1, 0.15) is 0 Å². The van der Waals surface area contributed by atoms with Crippen LogP contribution in [0.3, 0.4) is 0 Å². The second kappa shape index (κ2) is 24.8.